The number of aromatic nitrogens is 3. The lowest BCUT2D eigenvalue weighted by atomic mass is 10.1. The zero-order valence-electron chi connectivity index (χ0n) is 16.3. The summed E-state index contributed by atoms with van der Waals surface area (Å²) in [5.74, 6) is -0.209. The van der Waals surface area contributed by atoms with Crippen molar-refractivity contribution in [3.63, 3.8) is 0 Å². The van der Waals surface area contributed by atoms with Gasteiger partial charge < -0.3 is 10.4 Å². The van der Waals surface area contributed by atoms with Crippen molar-refractivity contribution in [1.82, 2.24) is 19.3 Å². The highest BCUT2D eigenvalue weighted by molar-refractivity contribution is 7.88. The zero-order valence-corrected chi connectivity index (χ0v) is 17.9. The number of nitrogens with zero attached hydrogens (tertiary/aromatic N) is 4. The standard InChI is InChI=1S/C16H17F6N5O3S2/c1-32(29,30)27-4-2-8(3-5-27)25-14-24-6-9(15(17,18)19)11(26-14)13-23-7-10(31-13)12(28)16(20,21)22/h6-8,12,28H,2-5H2,1H3,(H,24,25,26). The van der Waals surface area contributed by atoms with Crippen molar-refractivity contribution in [2.24, 2.45) is 0 Å². The minimum Gasteiger partial charge on any atom is -0.379 e. The Morgan fingerprint density at radius 3 is 2.31 bits per heavy atom. The highest BCUT2D eigenvalue weighted by atomic mass is 32.2. The molecule has 0 radical (unpaired) electrons. The number of nitrogens with one attached hydrogen (secondary N) is 1. The van der Waals surface area contributed by atoms with Gasteiger partial charge in [-0.25, -0.2) is 27.7 Å². The maximum absolute atomic E-state index is 13.4. The molecule has 1 unspecified atom stereocenters. The molecule has 2 N–H and O–H groups in total. The third kappa shape index (κ3) is 5.65. The van der Waals surface area contributed by atoms with E-state index in [2.05, 4.69) is 20.3 Å². The number of aliphatic hydroxyl groups excluding tert-OH is 1. The van der Waals surface area contributed by atoms with E-state index in [1.54, 1.807) is 0 Å². The Balaban J connectivity index is 1.86. The number of hydrogen-bond acceptors (Lipinski definition) is 8. The van der Waals surface area contributed by atoms with Gasteiger partial charge in [0.2, 0.25) is 16.0 Å². The predicted octanol–water partition coefficient (Wildman–Crippen LogP) is 3.05. The van der Waals surface area contributed by atoms with Crippen LogP contribution in [-0.2, 0) is 16.2 Å². The molecule has 0 aliphatic carbocycles. The Morgan fingerprint density at radius 2 is 1.78 bits per heavy atom. The summed E-state index contributed by atoms with van der Waals surface area (Å²) in [4.78, 5) is 10.4. The molecular weight excluding hydrogens is 488 g/mol. The van der Waals surface area contributed by atoms with Gasteiger partial charge in [-0.3, -0.25) is 0 Å². The second-order valence-electron chi connectivity index (χ2n) is 7.05. The zero-order chi connectivity index (χ0) is 23.9. The minimum absolute atomic E-state index is 0.204. The van der Waals surface area contributed by atoms with E-state index in [1.165, 1.54) is 4.31 Å². The number of aliphatic hydroxyl groups is 1. The quantitative estimate of drug-likeness (QED) is 0.602. The Morgan fingerprint density at radius 1 is 1.16 bits per heavy atom. The molecule has 0 amide bonds. The van der Waals surface area contributed by atoms with Crippen LogP contribution < -0.4 is 5.32 Å². The van der Waals surface area contributed by atoms with Crippen LogP contribution in [0.2, 0.25) is 0 Å². The molecule has 0 saturated carbocycles. The van der Waals surface area contributed by atoms with Crippen molar-refractivity contribution in [3.05, 3.63) is 22.8 Å². The fourth-order valence-corrected chi connectivity index (χ4v) is 4.83. The first-order valence-electron chi connectivity index (χ1n) is 9.03. The first-order valence-corrected chi connectivity index (χ1v) is 11.7. The Kier molecular flexibility index (Phi) is 6.70. The Hall–Kier alpha value is -2.04. The number of anilines is 1. The van der Waals surface area contributed by atoms with E-state index in [-0.39, 0.29) is 36.4 Å². The van der Waals surface area contributed by atoms with E-state index >= 15 is 0 Å². The van der Waals surface area contributed by atoms with Crippen molar-refractivity contribution in [2.45, 2.75) is 37.3 Å². The highest BCUT2D eigenvalue weighted by Crippen LogP contribution is 2.41. The molecule has 0 aromatic carbocycles. The van der Waals surface area contributed by atoms with E-state index in [0.29, 0.717) is 25.2 Å². The second-order valence-corrected chi connectivity index (χ2v) is 10.1. The van der Waals surface area contributed by atoms with Crippen LogP contribution in [0.4, 0.5) is 32.3 Å². The topological polar surface area (TPSA) is 108 Å². The lowest BCUT2D eigenvalue weighted by Crippen LogP contribution is -2.42. The van der Waals surface area contributed by atoms with E-state index in [9.17, 15) is 39.9 Å². The minimum atomic E-state index is -5.00. The molecule has 3 heterocycles. The monoisotopic (exact) mass is 505 g/mol. The molecule has 32 heavy (non-hydrogen) atoms. The van der Waals surface area contributed by atoms with E-state index in [1.807, 2.05) is 0 Å². The first kappa shape index (κ1) is 24.6. The Bertz CT molecular complexity index is 1060. The van der Waals surface area contributed by atoms with Crippen LogP contribution in [0.15, 0.2) is 12.4 Å². The highest BCUT2D eigenvalue weighted by Gasteiger charge is 2.41. The SMILES string of the molecule is CS(=O)(=O)N1CCC(Nc2ncc(C(F)(F)F)c(-c3ncc(C(O)C(F)(F)F)s3)n2)CC1. The molecule has 1 aliphatic heterocycles. The summed E-state index contributed by atoms with van der Waals surface area (Å²) < 4.78 is 103. The Labute approximate surface area is 182 Å². The van der Waals surface area contributed by atoms with Crippen LogP contribution in [0, 0.1) is 0 Å². The molecule has 0 spiro atoms. The smallest absolute Gasteiger partial charge is 0.379 e. The molecule has 2 aromatic heterocycles. The maximum Gasteiger partial charge on any atom is 0.420 e. The van der Waals surface area contributed by atoms with Gasteiger partial charge in [0.1, 0.15) is 16.3 Å². The van der Waals surface area contributed by atoms with Crippen LogP contribution >= 0.6 is 11.3 Å². The summed E-state index contributed by atoms with van der Waals surface area (Å²) in [7, 11) is -3.36. The molecule has 1 fully saturated rings. The van der Waals surface area contributed by atoms with Gasteiger partial charge >= 0.3 is 12.4 Å². The van der Waals surface area contributed by atoms with Gasteiger partial charge in [-0.2, -0.15) is 26.3 Å². The third-order valence-electron chi connectivity index (χ3n) is 4.66. The molecule has 178 valence electrons. The molecule has 1 atom stereocenters. The van der Waals surface area contributed by atoms with E-state index < -0.39 is 49.6 Å². The number of sulfonamides is 1. The number of alkyl halides is 6. The number of halogens is 6. The number of rotatable bonds is 5. The summed E-state index contributed by atoms with van der Waals surface area (Å²) in [6.07, 6.45) is -9.87. The summed E-state index contributed by atoms with van der Waals surface area (Å²) in [6.45, 7) is 0.407. The van der Waals surface area contributed by atoms with Crippen LogP contribution in [0.25, 0.3) is 10.7 Å². The normalized spacial score (nSPS) is 18.0. The average molecular weight is 505 g/mol. The largest absolute Gasteiger partial charge is 0.420 e. The second kappa shape index (κ2) is 8.72. The van der Waals surface area contributed by atoms with Crippen molar-refractivity contribution in [3.8, 4) is 10.7 Å². The predicted molar refractivity (Wildman–Crippen MR) is 102 cm³/mol. The van der Waals surface area contributed by atoms with Gasteiger partial charge in [0.15, 0.2) is 6.10 Å². The van der Waals surface area contributed by atoms with Crippen LogP contribution in [0.5, 0.6) is 0 Å². The van der Waals surface area contributed by atoms with Gasteiger partial charge in [0.05, 0.1) is 11.1 Å². The van der Waals surface area contributed by atoms with E-state index in [4.69, 9.17) is 0 Å². The van der Waals surface area contributed by atoms with Gasteiger partial charge in [0.25, 0.3) is 0 Å². The fourth-order valence-electron chi connectivity index (χ4n) is 3.02. The molecule has 1 aliphatic rings. The van der Waals surface area contributed by atoms with Gasteiger partial charge in [-0.05, 0) is 12.8 Å². The lowest BCUT2D eigenvalue weighted by Gasteiger charge is -2.30. The van der Waals surface area contributed by atoms with Crippen LogP contribution in [-0.4, -0.2) is 64.3 Å². The fraction of sp³-hybridized carbons (Fsp3) is 0.562. The first-order chi connectivity index (χ1) is 14.7. The van der Waals surface area contributed by atoms with Crippen molar-refractivity contribution < 1.29 is 39.9 Å². The molecule has 3 rings (SSSR count). The number of hydrogen-bond donors (Lipinski definition) is 2. The van der Waals surface area contributed by atoms with Crippen molar-refractivity contribution in [1.29, 1.82) is 0 Å². The van der Waals surface area contributed by atoms with Gasteiger partial charge in [-0.1, -0.05) is 0 Å². The lowest BCUT2D eigenvalue weighted by molar-refractivity contribution is -0.205. The number of piperidine rings is 1. The third-order valence-corrected chi connectivity index (χ3v) is 7.02. The van der Waals surface area contributed by atoms with E-state index in [0.717, 1.165) is 6.26 Å². The molecule has 8 nitrogen and oxygen atoms in total. The maximum atomic E-state index is 13.4. The van der Waals surface area contributed by atoms with Crippen molar-refractivity contribution >= 4 is 27.3 Å². The molecule has 1 saturated heterocycles. The summed E-state index contributed by atoms with van der Waals surface area (Å²) in [6, 6.07) is -0.323. The molecule has 2 aromatic rings. The molecule has 16 heteroatoms. The molecule has 0 bridgehead atoms. The summed E-state index contributed by atoms with van der Waals surface area (Å²) in [5, 5.41) is 11.7. The van der Waals surface area contributed by atoms with Crippen molar-refractivity contribution in [2.75, 3.05) is 24.7 Å². The van der Waals surface area contributed by atoms with Crippen LogP contribution in [0.1, 0.15) is 29.4 Å². The van der Waals surface area contributed by atoms with Gasteiger partial charge in [-0.15, -0.1) is 11.3 Å². The number of thiazole rings is 1. The summed E-state index contributed by atoms with van der Waals surface area (Å²) >= 11 is 0.236. The van der Waals surface area contributed by atoms with Crippen LogP contribution in [0.3, 0.4) is 0 Å². The molecular formula is C16H17F6N5O3S2. The van der Waals surface area contributed by atoms with Gasteiger partial charge in [0, 0.05) is 31.5 Å². The average Bonchev–Trinajstić information content (AvgIpc) is 3.15. The summed E-state index contributed by atoms with van der Waals surface area (Å²) in [5.41, 5.74) is -2.02.